The number of piperidine rings is 1. The van der Waals surface area contributed by atoms with Crippen LogP contribution in [-0.4, -0.2) is 57.9 Å². The molecule has 152 valence electrons. The molecule has 29 heavy (non-hydrogen) atoms. The zero-order valence-electron chi connectivity index (χ0n) is 16.9. The predicted molar refractivity (Wildman–Crippen MR) is 111 cm³/mol. The van der Waals surface area contributed by atoms with Crippen molar-refractivity contribution in [2.75, 3.05) is 32.1 Å². The second-order valence-corrected chi connectivity index (χ2v) is 7.42. The molecule has 8 heteroatoms. The van der Waals surface area contributed by atoms with Crippen LogP contribution in [-0.2, 0) is 7.05 Å². The van der Waals surface area contributed by atoms with Crippen LogP contribution in [0.15, 0.2) is 36.8 Å². The van der Waals surface area contributed by atoms with Crippen molar-refractivity contribution in [1.82, 2.24) is 19.4 Å². The number of benzene rings is 1. The summed E-state index contributed by atoms with van der Waals surface area (Å²) >= 11 is 0. The molecule has 0 saturated carbocycles. The van der Waals surface area contributed by atoms with E-state index in [-0.39, 0.29) is 0 Å². The molecule has 0 bridgehead atoms. The molecular formula is C21H25N5O3. The number of anilines is 2. The highest BCUT2D eigenvalue weighted by Gasteiger charge is 2.24. The van der Waals surface area contributed by atoms with Gasteiger partial charge in [0, 0.05) is 33.3 Å². The van der Waals surface area contributed by atoms with Crippen LogP contribution in [0.5, 0.6) is 5.75 Å². The Hall–Kier alpha value is -3.29. The number of fused-ring (bicyclic) bond motifs is 1. The molecule has 0 spiro atoms. The summed E-state index contributed by atoms with van der Waals surface area (Å²) in [5, 5.41) is 9.14. The Kier molecular flexibility index (Phi) is 5.00. The van der Waals surface area contributed by atoms with Crippen LogP contribution in [0.3, 0.4) is 0 Å². The highest BCUT2D eigenvalue weighted by atomic mass is 16.5. The summed E-state index contributed by atoms with van der Waals surface area (Å²) in [7, 11) is 5.60. The summed E-state index contributed by atoms with van der Waals surface area (Å²) < 4.78 is 7.65. The number of amides is 1. The number of imidazole rings is 1. The van der Waals surface area contributed by atoms with Crippen LogP contribution >= 0.6 is 0 Å². The minimum Gasteiger partial charge on any atom is -0.495 e. The maximum atomic E-state index is 11.1. The Balaban J connectivity index is 1.59. The van der Waals surface area contributed by atoms with Gasteiger partial charge >= 0.3 is 6.09 Å². The first-order valence-corrected chi connectivity index (χ1v) is 9.64. The average molecular weight is 395 g/mol. The van der Waals surface area contributed by atoms with E-state index in [2.05, 4.69) is 22.1 Å². The molecule has 0 unspecified atom stereocenters. The number of methoxy groups -OCH3 is 1. The Morgan fingerprint density at radius 2 is 2.00 bits per heavy atom. The maximum Gasteiger partial charge on any atom is 0.407 e. The Bertz CT molecular complexity index is 1040. The topological polar surface area (TPSA) is 83.7 Å². The third-order valence-corrected chi connectivity index (χ3v) is 5.74. The number of aromatic nitrogens is 3. The zero-order valence-corrected chi connectivity index (χ0v) is 16.9. The van der Waals surface area contributed by atoms with Crippen molar-refractivity contribution >= 4 is 28.6 Å². The lowest BCUT2D eigenvalue weighted by Crippen LogP contribution is -2.36. The quantitative estimate of drug-likeness (QED) is 0.727. The molecule has 4 rings (SSSR count). The summed E-state index contributed by atoms with van der Waals surface area (Å²) in [4.78, 5) is 23.5. The lowest BCUT2D eigenvalue weighted by atomic mass is 9.89. The molecule has 1 N–H and O–H groups in total. The van der Waals surface area contributed by atoms with Crippen LogP contribution in [0.2, 0.25) is 0 Å². The number of aryl methyl sites for hydroxylation is 1. The number of hydrogen-bond acceptors (Lipinski definition) is 5. The van der Waals surface area contributed by atoms with Gasteiger partial charge in [-0.15, -0.1) is 0 Å². The Labute approximate surface area is 169 Å². The summed E-state index contributed by atoms with van der Waals surface area (Å²) in [6.45, 7) is 1.14. The lowest BCUT2D eigenvalue weighted by molar-refractivity contribution is 0.132. The van der Waals surface area contributed by atoms with Crippen LogP contribution in [0.25, 0.3) is 11.0 Å². The molecule has 8 nitrogen and oxygen atoms in total. The van der Waals surface area contributed by atoms with E-state index >= 15 is 0 Å². The second-order valence-electron chi connectivity index (χ2n) is 7.42. The van der Waals surface area contributed by atoms with Gasteiger partial charge in [-0.3, -0.25) is 0 Å². The van der Waals surface area contributed by atoms with Crippen LogP contribution in [0.4, 0.5) is 16.3 Å². The van der Waals surface area contributed by atoms with Gasteiger partial charge in [0.2, 0.25) is 0 Å². The van der Waals surface area contributed by atoms with Crippen molar-refractivity contribution in [3.63, 3.8) is 0 Å². The van der Waals surface area contributed by atoms with Gasteiger partial charge in [-0.25, -0.2) is 14.8 Å². The molecule has 1 fully saturated rings. The average Bonchev–Trinajstić information content (AvgIpc) is 3.13. The SMILES string of the molecule is COc1cc(C2CCN(C(=O)O)CC2)ccc1N(C)c1cc2c(cn1)ncn2C. The Morgan fingerprint density at radius 3 is 2.69 bits per heavy atom. The molecule has 1 amide bonds. The standard InChI is InChI=1S/C21H25N5O3/c1-24-13-23-16-12-22-20(11-18(16)24)25(2)17-5-4-15(10-19(17)29-3)14-6-8-26(9-7-14)21(27)28/h4-5,10-14H,6-9H2,1-3H3,(H,27,28). The van der Waals surface area contributed by atoms with Crippen molar-refractivity contribution in [2.45, 2.75) is 18.8 Å². The predicted octanol–water partition coefficient (Wildman–Crippen LogP) is 3.60. The fourth-order valence-electron chi connectivity index (χ4n) is 3.96. The normalized spacial score (nSPS) is 14.9. The molecule has 1 aromatic carbocycles. The summed E-state index contributed by atoms with van der Waals surface area (Å²) in [6, 6.07) is 8.23. The van der Waals surface area contributed by atoms with Gasteiger partial charge in [0.15, 0.2) is 0 Å². The number of pyridine rings is 1. The molecule has 3 heterocycles. The van der Waals surface area contributed by atoms with Crippen molar-refractivity contribution in [2.24, 2.45) is 7.05 Å². The number of likely N-dealkylation sites (tertiary alicyclic amines) is 1. The van der Waals surface area contributed by atoms with Gasteiger partial charge in [-0.1, -0.05) is 6.07 Å². The number of ether oxygens (including phenoxy) is 1. The van der Waals surface area contributed by atoms with E-state index in [9.17, 15) is 4.79 Å². The fraction of sp³-hybridized carbons (Fsp3) is 0.381. The second kappa shape index (κ2) is 7.62. The van der Waals surface area contributed by atoms with E-state index < -0.39 is 6.09 Å². The van der Waals surface area contributed by atoms with Gasteiger partial charge in [0.25, 0.3) is 0 Å². The monoisotopic (exact) mass is 395 g/mol. The van der Waals surface area contributed by atoms with Gasteiger partial charge in [-0.05, 0) is 36.5 Å². The Morgan fingerprint density at radius 1 is 1.24 bits per heavy atom. The van der Waals surface area contributed by atoms with E-state index in [1.165, 1.54) is 10.5 Å². The maximum absolute atomic E-state index is 11.1. The largest absolute Gasteiger partial charge is 0.495 e. The van der Waals surface area contributed by atoms with Crippen LogP contribution < -0.4 is 9.64 Å². The molecule has 0 atom stereocenters. The van der Waals surface area contributed by atoms with E-state index in [1.54, 1.807) is 19.6 Å². The molecule has 2 aromatic heterocycles. The highest BCUT2D eigenvalue weighted by Crippen LogP contribution is 2.37. The van der Waals surface area contributed by atoms with Gasteiger partial charge in [0.1, 0.15) is 17.1 Å². The van der Waals surface area contributed by atoms with Crippen molar-refractivity contribution in [3.05, 3.63) is 42.4 Å². The van der Waals surface area contributed by atoms with E-state index in [1.807, 2.05) is 35.7 Å². The summed E-state index contributed by atoms with van der Waals surface area (Å²) in [6.07, 6.45) is 4.36. The van der Waals surface area contributed by atoms with Crippen LogP contribution in [0.1, 0.15) is 24.3 Å². The zero-order chi connectivity index (χ0) is 20.5. The van der Waals surface area contributed by atoms with Crippen LogP contribution in [0, 0.1) is 0 Å². The molecule has 1 saturated heterocycles. The smallest absolute Gasteiger partial charge is 0.407 e. The minimum atomic E-state index is -0.837. The number of nitrogens with zero attached hydrogens (tertiary/aromatic N) is 5. The molecule has 1 aliphatic heterocycles. The van der Waals surface area contributed by atoms with Gasteiger partial charge in [-0.2, -0.15) is 0 Å². The van der Waals surface area contributed by atoms with Crippen molar-refractivity contribution in [3.8, 4) is 5.75 Å². The molecule has 3 aromatic rings. The first kappa shape index (κ1) is 19.0. The molecule has 0 radical (unpaired) electrons. The van der Waals surface area contributed by atoms with E-state index in [4.69, 9.17) is 9.84 Å². The minimum absolute atomic E-state index is 0.336. The number of carboxylic acid groups (broad SMARTS) is 1. The van der Waals surface area contributed by atoms with Gasteiger partial charge in [0.05, 0.1) is 30.8 Å². The third kappa shape index (κ3) is 3.57. The van der Waals surface area contributed by atoms with Gasteiger partial charge < -0.3 is 24.2 Å². The third-order valence-electron chi connectivity index (χ3n) is 5.74. The molecule has 1 aliphatic rings. The molecule has 0 aliphatic carbocycles. The summed E-state index contributed by atoms with van der Waals surface area (Å²) in [5.74, 6) is 1.92. The van der Waals surface area contributed by atoms with E-state index in [0.29, 0.717) is 19.0 Å². The highest BCUT2D eigenvalue weighted by molar-refractivity contribution is 5.79. The number of carbonyl (C=O) groups is 1. The first-order valence-electron chi connectivity index (χ1n) is 9.64. The lowest BCUT2D eigenvalue weighted by Gasteiger charge is -2.31. The molecular weight excluding hydrogens is 370 g/mol. The van der Waals surface area contributed by atoms with Crippen molar-refractivity contribution < 1.29 is 14.6 Å². The number of rotatable bonds is 4. The van der Waals surface area contributed by atoms with E-state index in [0.717, 1.165) is 41.1 Å². The van der Waals surface area contributed by atoms with Crippen molar-refractivity contribution in [1.29, 1.82) is 0 Å². The number of hydrogen-bond donors (Lipinski definition) is 1. The fourth-order valence-corrected chi connectivity index (χ4v) is 3.96. The summed E-state index contributed by atoms with van der Waals surface area (Å²) in [5.41, 5.74) is 3.98. The first-order chi connectivity index (χ1) is 14.0.